The molecule has 80 heavy (non-hydrogen) atoms. The van der Waals surface area contributed by atoms with E-state index in [-0.39, 0.29) is 12.5 Å². The van der Waals surface area contributed by atoms with E-state index in [2.05, 4.69) is 104 Å². The molecule has 0 aromatic carbocycles. The minimum atomic E-state index is -0.664. The van der Waals surface area contributed by atoms with E-state index in [0.29, 0.717) is 12.8 Å². The summed E-state index contributed by atoms with van der Waals surface area (Å²) in [5.41, 5.74) is 0. The van der Waals surface area contributed by atoms with Crippen LogP contribution < -0.4 is 5.32 Å². The van der Waals surface area contributed by atoms with Crippen molar-refractivity contribution >= 4 is 5.91 Å². The zero-order valence-electron chi connectivity index (χ0n) is 53.8. The summed E-state index contributed by atoms with van der Waals surface area (Å²) >= 11 is 0. The summed E-state index contributed by atoms with van der Waals surface area (Å²) in [7, 11) is 0. The van der Waals surface area contributed by atoms with Gasteiger partial charge in [-0.2, -0.15) is 0 Å². The van der Waals surface area contributed by atoms with Gasteiger partial charge in [0.15, 0.2) is 0 Å². The molecule has 4 nitrogen and oxygen atoms in total. The molecule has 0 bridgehead atoms. The number of hydrogen-bond donors (Lipinski definition) is 3. The quantitative estimate of drug-likeness (QED) is 0.0420. The Labute approximate surface area is 501 Å². The number of carbonyl (C=O) groups excluding carboxylic acids is 1. The fraction of sp³-hybridized carbons (Fsp3) is 0.803. The molecule has 0 rings (SSSR count). The molecule has 0 saturated carbocycles. The summed E-state index contributed by atoms with van der Waals surface area (Å²) in [6.45, 7) is 4.28. The van der Waals surface area contributed by atoms with Crippen LogP contribution in [-0.4, -0.2) is 34.9 Å². The van der Waals surface area contributed by atoms with Crippen LogP contribution in [0, 0.1) is 0 Å². The maximum Gasteiger partial charge on any atom is 0.220 e. The molecule has 0 aliphatic heterocycles. The van der Waals surface area contributed by atoms with Crippen molar-refractivity contribution in [1.82, 2.24) is 5.32 Å². The van der Waals surface area contributed by atoms with Crippen LogP contribution in [0.4, 0.5) is 0 Å². The molecular formula is C76H139NO3. The van der Waals surface area contributed by atoms with Gasteiger partial charge >= 0.3 is 0 Å². The number of allylic oxidation sites excluding steroid dienone is 14. The van der Waals surface area contributed by atoms with Crippen LogP contribution >= 0.6 is 0 Å². The fourth-order valence-electron chi connectivity index (χ4n) is 11.1. The van der Waals surface area contributed by atoms with Crippen molar-refractivity contribution in [2.75, 3.05) is 6.61 Å². The van der Waals surface area contributed by atoms with Gasteiger partial charge in [-0.1, -0.05) is 381 Å². The summed E-state index contributed by atoms with van der Waals surface area (Å²) in [4.78, 5) is 12.6. The number of unbranched alkanes of at least 4 members (excludes halogenated alkanes) is 45. The Hall–Kier alpha value is -2.43. The second-order valence-electron chi connectivity index (χ2n) is 24.3. The van der Waals surface area contributed by atoms with Crippen molar-refractivity contribution in [3.05, 3.63) is 85.1 Å². The van der Waals surface area contributed by atoms with Crippen molar-refractivity contribution in [2.45, 2.75) is 386 Å². The van der Waals surface area contributed by atoms with Gasteiger partial charge in [-0.25, -0.2) is 0 Å². The van der Waals surface area contributed by atoms with E-state index in [0.717, 1.165) is 70.6 Å². The fourth-order valence-corrected chi connectivity index (χ4v) is 11.1. The van der Waals surface area contributed by atoms with E-state index in [1.165, 1.54) is 276 Å². The third kappa shape index (κ3) is 66.4. The topological polar surface area (TPSA) is 69.6 Å². The Kier molecular flexibility index (Phi) is 68.7. The van der Waals surface area contributed by atoms with Crippen LogP contribution in [0.5, 0.6) is 0 Å². The van der Waals surface area contributed by atoms with Crippen molar-refractivity contribution in [3.8, 4) is 0 Å². The molecule has 466 valence electrons. The predicted molar refractivity (Wildman–Crippen MR) is 359 cm³/mol. The van der Waals surface area contributed by atoms with Crippen LogP contribution in [0.15, 0.2) is 85.1 Å². The third-order valence-electron chi connectivity index (χ3n) is 16.4. The van der Waals surface area contributed by atoms with E-state index < -0.39 is 12.1 Å². The molecule has 0 aromatic heterocycles. The molecule has 4 heteroatoms. The smallest absolute Gasteiger partial charge is 0.220 e. The lowest BCUT2D eigenvalue weighted by Gasteiger charge is -2.22. The average Bonchev–Trinajstić information content (AvgIpc) is 3.46. The average molecular weight is 1110 g/mol. The molecule has 0 fully saturated rings. The van der Waals surface area contributed by atoms with Crippen LogP contribution in [0.2, 0.25) is 0 Å². The maximum atomic E-state index is 12.6. The minimum absolute atomic E-state index is 0.0268. The highest BCUT2D eigenvalue weighted by molar-refractivity contribution is 5.76. The SMILES string of the molecule is CC/C=C\C/C=C\C/C=C\C/C=C\C/C=C\C/C=C\C/C=C\CCCCCCCCCCCCCCCCCCCC(=O)NC(CO)C(O)CCCCCCCCCCCCCCCCCCCCCCCCCCCCCCC. The number of amides is 1. The summed E-state index contributed by atoms with van der Waals surface area (Å²) in [5, 5.41) is 23.5. The molecule has 0 aliphatic carbocycles. The van der Waals surface area contributed by atoms with Crippen molar-refractivity contribution in [2.24, 2.45) is 0 Å². The molecule has 3 N–H and O–H groups in total. The zero-order valence-corrected chi connectivity index (χ0v) is 53.8. The Balaban J connectivity index is 3.44. The lowest BCUT2D eigenvalue weighted by Crippen LogP contribution is -2.45. The standard InChI is InChI=1S/C76H139NO3/c1-3-5-7-9-11-13-15-17-19-21-23-25-27-29-31-33-34-35-36-37-38-39-40-41-42-44-46-48-50-52-54-56-58-60-62-64-66-68-70-72-76(80)77-74(73-78)75(79)71-69-67-65-63-61-59-57-55-53-51-49-47-45-43-32-30-28-26-24-22-20-18-16-14-12-10-8-6-4-2/h5,7,11,13,17,19,23,25,29,31,34-35,37-38,74-75,78-79H,3-4,6,8-10,12,14-16,18,20-22,24,26-28,30,32-33,36,39-73H2,1-2H3,(H,77,80)/b7-5-,13-11-,19-17-,25-23-,31-29-,35-34-,38-37-. The number of hydrogen-bond acceptors (Lipinski definition) is 3. The van der Waals surface area contributed by atoms with Crippen molar-refractivity contribution < 1.29 is 15.0 Å². The molecule has 2 unspecified atom stereocenters. The third-order valence-corrected chi connectivity index (χ3v) is 16.4. The molecule has 0 radical (unpaired) electrons. The monoisotopic (exact) mass is 1110 g/mol. The second kappa shape index (κ2) is 70.8. The van der Waals surface area contributed by atoms with E-state index in [1.807, 2.05) is 0 Å². The Morgan fingerprint density at radius 3 is 0.825 bits per heavy atom. The van der Waals surface area contributed by atoms with Crippen LogP contribution in [-0.2, 0) is 4.79 Å². The summed E-state index contributed by atoms with van der Waals surface area (Å²) in [6, 6.07) is -0.541. The number of rotatable bonds is 66. The van der Waals surface area contributed by atoms with Gasteiger partial charge in [-0.15, -0.1) is 0 Å². The second-order valence-corrected chi connectivity index (χ2v) is 24.3. The lowest BCUT2D eigenvalue weighted by molar-refractivity contribution is -0.123. The number of aliphatic hydroxyl groups is 2. The number of aliphatic hydroxyl groups excluding tert-OH is 2. The molecule has 0 spiro atoms. The van der Waals surface area contributed by atoms with Crippen LogP contribution in [0.1, 0.15) is 373 Å². The van der Waals surface area contributed by atoms with Gasteiger partial charge in [0.05, 0.1) is 18.8 Å². The molecule has 0 saturated heterocycles. The summed E-state index contributed by atoms with van der Waals surface area (Å²) in [5.74, 6) is -0.0268. The first kappa shape index (κ1) is 77.6. The van der Waals surface area contributed by atoms with Crippen molar-refractivity contribution in [1.29, 1.82) is 0 Å². The van der Waals surface area contributed by atoms with E-state index in [4.69, 9.17) is 0 Å². The Morgan fingerprint density at radius 1 is 0.312 bits per heavy atom. The van der Waals surface area contributed by atoms with E-state index in [9.17, 15) is 15.0 Å². The first-order chi connectivity index (χ1) is 39.7. The van der Waals surface area contributed by atoms with Gasteiger partial charge in [0, 0.05) is 6.42 Å². The summed E-state index contributed by atoms with van der Waals surface area (Å²) in [6.07, 6.45) is 104. The van der Waals surface area contributed by atoms with Gasteiger partial charge < -0.3 is 15.5 Å². The maximum absolute atomic E-state index is 12.6. The first-order valence-electron chi connectivity index (χ1n) is 35.8. The number of carbonyl (C=O) groups is 1. The van der Waals surface area contributed by atoms with Gasteiger partial charge in [-0.3, -0.25) is 4.79 Å². The highest BCUT2D eigenvalue weighted by atomic mass is 16.3. The molecule has 0 aliphatic rings. The number of nitrogens with one attached hydrogen (secondary N) is 1. The largest absolute Gasteiger partial charge is 0.394 e. The summed E-state index contributed by atoms with van der Waals surface area (Å²) < 4.78 is 0. The first-order valence-corrected chi connectivity index (χ1v) is 35.8. The molecule has 0 aromatic rings. The minimum Gasteiger partial charge on any atom is -0.394 e. The van der Waals surface area contributed by atoms with Gasteiger partial charge in [0.2, 0.25) is 5.91 Å². The highest BCUT2D eigenvalue weighted by Crippen LogP contribution is 2.19. The molecular weight excluding hydrogens is 975 g/mol. The normalized spacial score (nSPS) is 13.2. The zero-order chi connectivity index (χ0) is 57.6. The Morgan fingerprint density at radius 2 is 0.550 bits per heavy atom. The van der Waals surface area contributed by atoms with Crippen molar-refractivity contribution in [3.63, 3.8) is 0 Å². The van der Waals surface area contributed by atoms with E-state index >= 15 is 0 Å². The Bertz CT molecular complexity index is 1400. The van der Waals surface area contributed by atoms with Crippen LogP contribution in [0.25, 0.3) is 0 Å². The molecule has 1 amide bonds. The van der Waals surface area contributed by atoms with Crippen LogP contribution in [0.3, 0.4) is 0 Å². The molecule has 0 heterocycles. The van der Waals surface area contributed by atoms with Gasteiger partial charge in [-0.05, 0) is 70.6 Å². The molecule has 2 atom stereocenters. The van der Waals surface area contributed by atoms with Gasteiger partial charge in [0.1, 0.15) is 0 Å². The van der Waals surface area contributed by atoms with E-state index in [1.54, 1.807) is 0 Å². The lowest BCUT2D eigenvalue weighted by atomic mass is 10.0. The highest BCUT2D eigenvalue weighted by Gasteiger charge is 2.20. The van der Waals surface area contributed by atoms with Gasteiger partial charge in [0.25, 0.3) is 0 Å². The predicted octanol–water partition coefficient (Wildman–Crippen LogP) is 24.6.